The number of likely N-dealkylation sites (tertiary alicyclic amines) is 2. The highest BCUT2D eigenvalue weighted by atomic mass is 16.5. The van der Waals surface area contributed by atoms with Crippen LogP contribution in [-0.2, 0) is 11.3 Å². The van der Waals surface area contributed by atoms with Gasteiger partial charge >= 0.3 is 0 Å². The van der Waals surface area contributed by atoms with E-state index < -0.39 is 0 Å². The Hall–Kier alpha value is -2.01. The fourth-order valence-corrected chi connectivity index (χ4v) is 4.50. The largest absolute Gasteiger partial charge is 0.493 e. The standard InChI is InChI=1S/C21H30N2O3/c1-4-7-19(24)23-13-11-21(16-23)10-6-12-22(15-21)14-17-8-5-9-18(25-2)20(17)26-3/h4-5,8-9H,1,6-7,10-16H2,2-3H3/t21-/m1/s1. The molecule has 2 heterocycles. The summed E-state index contributed by atoms with van der Waals surface area (Å²) in [6.45, 7) is 8.41. The van der Waals surface area contributed by atoms with Crippen LogP contribution in [0, 0.1) is 5.41 Å². The van der Waals surface area contributed by atoms with E-state index in [0.29, 0.717) is 6.42 Å². The van der Waals surface area contributed by atoms with Crippen LogP contribution in [0.2, 0.25) is 0 Å². The number of methoxy groups -OCH3 is 2. The minimum Gasteiger partial charge on any atom is -0.493 e. The quantitative estimate of drug-likeness (QED) is 0.733. The molecule has 26 heavy (non-hydrogen) atoms. The van der Waals surface area contributed by atoms with Gasteiger partial charge in [-0.05, 0) is 31.9 Å². The molecule has 3 rings (SSSR count). The highest BCUT2D eigenvalue weighted by molar-refractivity contribution is 5.78. The van der Waals surface area contributed by atoms with Crippen molar-refractivity contribution in [2.24, 2.45) is 5.41 Å². The molecule has 2 aliphatic rings. The van der Waals surface area contributed by atoms with Crippen molar-refractivity contribution in [1.29, 1.82) is 0 Å². The number of rotatable bonds is 6. The molecule has 2 aliphatic heterocycles. The third-order valence-electron chi connectivity index (χ3n) is 5.73. The zero-order valence-corrected chi connectivity index (χ0v) is 16.0. The summed E-state index contributed by atoms with van der Waals surface area (Å²) in [5.41, 5.74) is 1.39. The molecule has 0 bridgehead atoms. The Morgan fingerprint density at radius 2 is 2.08 bits per heavy atom. The van der Waals surface area contributed by atoms with E-state index in [9.17, 15) is 4.79 Å². The first-order valence-corrected chi connectivity index (χ1v) is 9.42. The van der Waals surface area contributed by atoms with Gasteiger partial charge in [0.15, 0.2) is 11.5 Å². The summed E-state index contributed by atoms with van der Waals surface area (Å²) in [6, 6.07) is 6.05. The molecule has 0 N–H and O–H groups in total. The maximum absolute atomic E-state index is 12.2. The van der Waals surface area contributed by atoms with E-state index in [4.69, 9.17) is 9.47 Å². The first-order valence-electron chi connectivity index (χ1n) is 9.42. The van der Waals surface area contributed by atoms with Crippen molar-refractivity contribution >= 4 is 5.91 Å². The summed E-state index contributed by atoms with van der Waals surface area (Å²) in [6.07, 6.45) is 5.63. The molecule has 1 atom stereocenters. The lowest BCUT2D eigenvalue weighted by atomic mass is 9.79. The smallest absolute Gasteiger partial charge is 0.226 e. The molecule has 0 aliphatic carbocycles. The van der Waals surface area contributed by atoms with Crippen LogP contribution in [0.1, 0.15) is 31.2 Å². The van der Waals surface area contributed by atoms with Gasteiger partial charge in [-0.25, -0.2) is 0 Å². The minimum absolute atomic E-state index is 0.212. The molecule has 0 radical (unpaired) electrons. The van der Waals surface area contributed by atoms with E-state index in [1.807, 2.05) is 17.0 Å². The predicted molar refractivity (Wildman–Crippen MR) is 103 cm³/mol. The predicted octanol–water partition coefficient (Wildman–Crippen LogP) is 3.09. The molecule has 2 fully saturated rings. The average molecular weight is 358 g/mol. The summed E-state index contributed by atoms with van der Waals surface area (Å²) >= 11 is 0. The number of carbonyl (C=O) groups is 1. The fraction of sp³-hybridized carbons (Fsp3) is 0.571. The average Bonchev–Trinajstić information content (AvgIpc) is 3.05. The second-order valence-electron chi connectivity index (χ2n) is 7.52. The molecular weight excluding hydrogens is 328 g/mol. The van der Waals surface area contributed by atoms with E-state index in [1.165, 1.54) is 12.8 Å². The van der Waals surface area contributed by atoms with Crippen LogP contribution >= 0.6 is 0 Å². The Morgan fingerprint density at radius 1 is 1.23 bits per heavy atom. The lowest BCUT2D eigenvalue weighted by Crippen LogP contribution is -2.45. The molecule has 5 nitrogen and oxygen atoms in total. The van der Waals surface area contributed by atoms with Crippen LogP contribution in [0.15, 0.2) is 30.9 Å². The SMILES string of the molecule is C=CCC(=O)N1CC[C@@]2(CCCN(Cc3cccc(OC)c3OC)C2)C1. The summed E-state index contributed by atoms with van der Waals surface area (Å²) in [7, 11) is 3.37. The van der Waals surface area contributed by atoms with Crippen LogP contribution in [-0.4, -0.2) is 56.1 Å². The normalized spacial score (nSPS) is 23.2. The molecule has 142 valence electrons. The summed E-state index contributed by atoms with van der Waals surface area (Å²) in [5.74, 6) is 1.81. The number of benzene rings is 1. The fourth-order valence-electron chi connectivity index (χ4n) is 4.50. The zero-order chi connectivity index (χ0) is 18.6. The maximum Gasteiger partial charge on any atom is 0.226 e. The number of hydrogen-bond donors (Lipinski definition) is 0. The van der Waals surface area contributed by atoms with Gasteiger partial charge in [0.1, 0.15) is 0 Å². The third kappa shape index (κ3) is 3.88. The molecule has 0 unspecified atom stereocenters. The Balaban J connectivity index is 1.68. The van der Waals surface area contributed by atoms with Crippen molar-refractivity contribution in [2.45, 2.75) is 32.2 Å². The van der Waals surface area contributed by atoms with Crippen molar-refractivity contribution in [3.8, 4) is 11.5 Å². The zero-order valence-electron chi connectivity index (χ0n) is 16.0. The third-order valence-corrected chi connectivity index (χ3v) is 5.73. The summed E-state index contributed by atoms with van der Waals surface area (Å²) < 4.78 is 11.0. The van der Waals surface area contributed by atoms with E-state index in [-0.39, 0.29) is 11.3 Å². The van der Waals surface area contributed by atoms with E-state index in [2.05, 4.69) is 17.5 Å². The lowest BCUT2D eigenvalue weighted by Gasteiger charge is -2.40. The van der Waals surface area contributed by atoms with Gasteiger partial charge in [-0.15, -0.1) is 6.58 Å². The van der Waals surface area contributed by atoms with Gasteiger partial charge < -0.3 is 14.4 Å². The van der Waals surface area contributed by atoms with Crippen LogP contribution < -0.4 is 9.47 Å². The molecule has 0 saturated carbocycles. The summed E-state index contributed by atoms with van der Waals surface area (Å²) in [4.78, 5) is 16.7. The van der Waals surface area contributed by atoms with Crippen LogP contribution in [0.4, 0.5) is 0 Å². The number of carbonyl (C=O) groups excluding carboxylic acids is 1. The lowest BCUT2D eigenvalue weighted by molar-refractivity contribution is -0.129. The molecule has 1 spiro atoms. The van der Waals surface area contributed by atoms with Gasteiger partial charge in [-0.1, -0.05) is 18.2 Å². The molecule has 2 saturated heterocycles. The molecule has 0 aromatic heterocycles. The number of para-hydroxylation sites is 1. The number of piperidine rings is 1. The number of nitrogens with zero attached hydrogens (tertiary/aromatic N) is 2. The van der Waals surface area contributed by atoms with Gasteiger partial charge in [0.05, 0.1) is 14.2 Å². The van der Waals surface area contributed by atoms with Crippen molar-refractivity contribution in [3.05, 3.63) is 36.4 Å². The second-order valence-corrected chi connectivity index (χ2v) is 7.52. The molecular formula is C21H30N2O3. The molecule has 5 heteroatoms. The van der Waals surface area contributed by atoms with Gasteiger partial charge in [-0.3, -0.25) is 9.69 Å². The first-order chi connectivity index (χ1) is 12.6. The molecule has 1 amide bonds. The number of hydrogen-bond acceptors (Lipinski definition) is 4. The highest BCUT2D eigenvalue weighted by Crippen LogP contribution is 2.40. The van der Waals surface area contributed by atoms with Gasteiger partial charge in [-0.2, -0.15) is 0 Å². The number of amides is 1. The Bertz CT molecular complexity index is 661. The van der Waals surface area contributed by atoms with E-state index in [0.717, 1.165) is 56.2 Å². The Labute approximate surface area is 156 Å². The first kappa shape index (κ1) is 18.8. The van der Waals surface area contributed by atoms with Crippen molar-refractivity contribution in [3.63, 3.8) is 0 Å². The second kappa shape index (κ2) is 8.12. The van der Waals surface area contributed by atoms with Crippen LogP contribution in [0.5, 0.6) is 11.5 Å². The van der Waals surface area contributed by atoms with Crippen molar-refractivity contribution in [1.82, 2.24) is 9.80 Å². The summed E-state index contributed by atoms with van der Waals surface area (Å²) in [5, 5.41) is 0. The van der Waals surface area contributed by atoms with Crippen LogP contribution in [0.25, 0.3) is 0 Å². The monoisotopic (exact) mass is 358 g/mol. The van der Waals surface area contributed by atoms with E-state index in [1.54, 1.807) is 20.3 Å². The minimum atomic E-state index is 0.212. The van der Waals surface area contributed by atoms with Crippen LogP contribution in [0.3, 0.4) is 0 Å². The van der Waals surface area contributed by atoms with Gasteiger partial charge in [0.2, 0.25) is 5.91 Å². The van der Waals surface area contributed by atoms with Crippen molar-refractivity contribution in [2.75, 3.05) is 40.4 Å². The maximum atomic E-state index is 12.2. The van der Waals surface area contributed by atoms with Crippen molar-refractivity contribution < 1.29 is 14.3 Å². The Morgan fingerprint density at radius 3 is 2.81 bits per heavy atom. The molecule has 1 aromatic carbocycles. The Kier molecular flexibility index (Phi) is 5.87. The van der Waals surface area contributed by atoms with Gasteiger partial charge in [0.25, 0.3) is 0 Å². The van der Waals surface area contributed by atoms with E-state index >= 15 is 0 Å². The molecule has 1 aromatic rings. The topological polar surface area (TPSA) is 42.0 Å². The number of ether oxygens (including phenoxy) is 2. The highest BCUT2D eigenvalue weighted by Gasteiger charge is 2.42. The van der Waals surface area contributed by atoms with Gasteiger partial charge in [0, 0.05) is 43.6 Å².